The third-order valence-corrected chi connectivity index (χ3v) is 1.97. The zero-order chi connectivity index (χ0) is 13.1. The van der Waals surface area contributed by atoms with E-state index in [9.17, 15) is 9.90 Å². The van der Waals surface area contributed by atoms with E-state index in [2.05, 4.69) is 0 Å². The van der Waals surface area contributed by atoms with Gasteiger partial charge in [0.05, 0.1) is 18.8 Å². The van der Waals surface area contributed by atoms with Crippen LogP contribution in [0.25, 0.3) is 0 Å². The average molecular weight is 246 g/mol. The molecule has 2 atom stereocenters. The Balaban J connectivity index is 4.00. The van der Waals surface area contributed by atoms with Crippen molar-refractivity contribution in [2.24, 2.45) is 0 Å². The largest absolute Gasteiger partial charge is 0.463 e. The van der Waals surface area contributed by atoms with E-state index < -0.39 is 6.10 Å². The van der Waals surface area contributed by atoms with Crippen molar-refractivity contribution >= 4 is 5.97 Å². The second-order valence-electron chi connectivity index (χ2n) is 3.67. The van der Waals surface area contributed by atoms with E-state index in [1.54, 1.807) is 19.9 Å². The molecular formula is C12H22O5. The normalized spacial score (nSPS) is 14.8. The van der Waals surface area contributed by atoms with Gasteiger partial charge < -0.3 is 19.3 Å². The summed E-state index contributed by atoms with van der Waals surface area (Å²) >= 11 is 0. The van der Waals surface area contributed by atoms with E-state index in [0.29, 0.717) is 19.4 Å². The minimum Gasteiger partial charge on any atom is -0.463 e. The lowest BCUT2D eigenvalue weighted by atomic mass is 10.1. The van der Waals surface area contributed by atoms with Gasteiger partial charge in [-0.15, -0.1) is 0 Å². The fraction of sp³-hybridized carbons (Fsp3) is 0.750. The van der Waals surface area contributed by atoms with Crippen LogP contribution in [0.1, 0.15) is 26.7 Å². The molecule has 5 nitrogen and oxygen atoms in total. The predicted octanol–water partition coefficient (Wildman–Crippen LogP) is 1.26. The maximum atomic E-state index is 11.0. The molecule has 0 spiro atoms. The van der Waals surface area contributed by atoms with Crippen LogP contribution in [0.5, 0.6) is 0 Å². The monoisotopic (exact) mass is 246 g/mol. The van der Waals surface area contributed by atoms with E-state index in [-0.39, 0.29) is 18.9 Å². The predicted molar refractivity (Wildman–Crippen MR) is 63.4 cm³/mol. The summed E-state index contributed by atoms with van der Waals surface area (Å²) in [6.45, 7) is 3.98. The lowest BCUT2D eigenvalue weighted by Gasteiger charge is -2.17. The molecule has 0 unspecified atom stereocenters. The highest BCUT2D eigenvalue weighted by atomic mass is 16.7. The van der Waals surface area contributed by atoms with Gasteiger partial charge in [0, 0.05) is 13.2 Å². The number of aliphatic hydroxyl groups is 1. The van der Waals surface area contributed by atoms with Gasteiger partial charge in [-0.3, -0.25) is 0 Å². The highest BCUT2D eigenvalue weighted by molar-refractivity contribution is 5.81. The zero-order valence-corrected chi connectivity index (χ0v) is 10.7. The molecule has 0 aliphatic rings. The highest BCUT2D eigenvalue weighted by Gasteiger charge is 2.10. The maximum Gasteiger partial charge on any atom is 0.330 e. The van der Waals surface area contributed by atoms with Gasteiger partial charge in [0.15, 0.2) is 0 Å². The van der Waals surface area contributed by atoms with Gasteiger partial charge in [-0.25, -0.2) is 4.79 Å². The molecule has 100 valence electrons. The van der Waals surface area contributed by atoms with E-state index in [0.717, 1.165) is 0 Å². The number of hydrogen-bond donors (Lipinski definition) is 1. The first-order valence-electron chi connectivity index (χ1n) is 5.72. The minimum absolute atomic E-state index is 0.166. The van der Waals surface area contributed by atoms with Crippen molar-refractivity contribution in [1.82, 2.24) is 0 Å². The number of carbonyl (C=O) groups excluding carboxylic acids is 1. The Morgan fingerprint density at radius 3 is 2.71 bits per heavy atom. The fourth-order valence-electron chi connectivity index (χ4n) is 1.28. The maximum absolute atomic E-state index is 11.0. The summed E-state index contributed by atoms with van der Waals surface area (Å²) in [7, 11) is 1.54. The minimum atomic E-state index is -0.451. The second kappa shape index (κ2) is 10.3. The first-order valence-corrected chi connectivity index (χ1v) is 5.72. The summed E-state index contributed by atoms with van der Waals surface area (Å²) in [6.07, 6.45) is 3.47. The standard InChI is InChI=1S/C12H22O5/c1-4-16-12(14)7-5-6-11(8-10(2)13)17-9-15-3/h5,7,10-11,13H,4,6,8-9H2,1-3H3/b7-5+/t10-,11-/m0/s1. The van der Waals surface area contributed by atoms with E-state index in [1.165, 1.54) is 13.2 Å². The number of methoxy groups -OCH3 is 1. The van der Waals surface area contributed by atoms with Crippen LogP contribution < -0.4 is 0 Å². The van der Waals surface area contributed by atoms with E-state index in [4.69, 9.17) is 14.2 Å². The van der Waals surface area contributed by atoms with Gasteiger partial charge in [-0.1, -0.05) is 6.08 Å². The van der Waals surface area contributed by atoms with Crippen LogP contribution in [-0.4, -0.2) is 43.8 Å². The smallest absolute Gasteiger partial charge is 0.330 e. The van der Waals surface area contributed by atoms with Crippen molar-refractivity contribution in [2.45, 2.75) is 38.9 Å². The summed E-state index contributed by atoms with van der Waals surface area (Å²) in [5.41, 5.74) is 0. The van der Waals surface area contributed by atoms with Crippen LogP contribution >= 0.6 is 0 Å². The van der Waals surface area contributed by atoms with E-state index in [1.807, 2.05) is 0 Å². The van der Waals surface area contributed by atoms with Crippen molar-refractivity contribution in [3.63, 3.8) is 0 Å². The molecule has 0 aromatic rings. The number of aliphatic hydroxyl groups excluding tert-OH is 1. The first kappa shape index (κ1) is 16.1. The Labute approximate surface area is 102 Å². The van der Waals surface area contributed by atoms with Gasteiger partial charge in [-0.2, -0.15) is 0 Å². The van der Waals surface area contributed by atoms with Crippen molar-refractivity contribution in [3.05, 3.63) is 12.2 Å². The first-order chi connectivity index (χ1) is 8.10. The van der Waals surface area contributed by atoms with Crippen LogP contribution in [0.2, 0.25) is 0 Å². The van der Waals surface area contributed by atoms with Gasteiger partial charge in [-0.05, 0) is 26.7 Å². The second-order valence-corrected chi connectivity index (χ2v) is 3.67. The molecule has 0 saturated carbocycles. The van der Waals surface area contributed by atoms with Crippen molar-refractivity contribution < 1.29 is 24.1 Å². The number of ether oxygens (including phenoxy) is 3. The number of hydrogen-bond acceptors (Lipinski definition) is 5. The molecule has 0 fully saturated rings. The third kappa shape index (κ3) is 9.99. The molecule has 17 heavy (non-hydrogen) atoms. The molecule has 0 radical (unpaired) electrons. The van der Waals surface area contributed by atoms with Gasteiger partial charge >= 0.3 is 5.97 Å². The Morgan fingerprint density at radius 1 is 1.47 bits per heavy atom. The van der Waals surface area contributed by atoms with Crippen molar-refractivity contribution in [3.8, 4) is 0 Å². The van der Waals surface area contributed by atoms with Crippen LogP contribution in [0.3, 0.4) is 0 Å². The van der Waals surface area contributed by atoms with Crippen molar-refractivity contribution in [2.75, 3.05) is 20.5 Å². The molecule has 0 rings (SSSR count). The summed E-state index contributed by atoms with van der Waals surface area (Å²) in [5, 5.41) is 9.28. The molecule has 0 aromatic heterocycles. The summed E-state index contributed by atoms with van der Waals surface area (Å²) in [6, 6.07) is 0. The van der Waals surface area contributed by atoms with Crippen LogP contribution in [0, 0.1) is 0 Å². The summed E-state index contributed by atoms with van der Waals surface area (Å²) in [4.78, 5) is 11.0. The van der Waals surface area contributed by atoms with Crippen LogP contribution in [-0.2, 0) is 19.0 Å². The number of rotatable bonds is 9. The molecule has 5 heteroatoms. The Kier molecular flexibility index (Phi) is 9.71. The SMILES string of the molecule is CCOC(=O)/C=C/C[C@@H](C[C@H](C)O)OCOC. The topological polar surface area (TPSA) is 65.0 Å². The fourth-order valence-corrected chi connectivity index (χ4v) is 1.28. The Morgan fingerprint density at radius 2 is 2.18 bits per heavy atom. The number of esters is 1. The quantitative estimate of drug-likeness (QED) is 0.377. The van der Waals surface area contributed by atoms with Gasteiger partial charge in [0.25, 0.3) is 0 Å². The Bertz CT molecular complexity index is 225. The van der Waals surface area contributed by atoms with E-state index >= 15 is 0 Å². The highest BCUT2D eigenvalue weighted by Crippen LogP contribution is 2.08. The lowest BCUT2D eigenvalue weighted by molar-refractivity contribution is -0.137. The molecule has 0 saturated heterocycles. The number of carbonyl (C=O) groups is 1. The third-order valence-electron chi connectivity index (χ3n) is 1.97. The van der Waals surface area contributed by atoms with Gasteiger partial charge in [0.2, 0.25) is 0 Å². The van der Waals surface area contributed by atoms with Crippen LogP contribution in [0.4, 0.5) is 0 Å². The molecule has 1 N–H and O–H groups in total. The van der Waals surface area contributed by atoms with Crippen LogP contribution in [0.15, 0.2) is 12.2 Å². The molecule has 0 aliphatic heterocycles. The molecule has 0 amide bonds. The molecule has 0 aliphatic carbocycles. The molecule has 0 aromatic carbocycles. The summed E-state index contributed by atoms with van der Waals surface area (Å²) < 4.78 is 14.9. The van der Waals surface area contributed by atoms with Crippen molar-refractivity contribution in [1.29, 1.82) is 0 Å². The Hall–Kier alpha value is -0.910. The lowest BCUT2D eigenvalue weighted by Crippen LogP contribution is -2.19. The average Bonchev–Trinajstić information content (AvgIpc) is 2.25. The molecular weight excluding hydrogens is 224 g/mol. The zero-order valence-electron chi connectivity index (χ0n) is 10.7. The molecule has 0 bridgehead atoms. The van der Waals surface area contributed by atoms with Gasteiger partial charge in [0.1, 0.15) is 6.79 Å². The summed E-state index contributed by atoms with van der Waals surface area (Å²) in [5.74, 6) is -0.366. The molecule has 0 heterocycles.